The van der Waals surface area contributed by atoms with E-state index in [4.69, 9.17) is 0 Å². The molecule has 0 saturated heterocycles. The molecule has 132 valence electrons. The molecule has 5 nitrogen and oxygen atoms in total. The highest BCUT2D eigenvalue weighted by Crippen LogP contribution is 2.33. The minimum absolute atomic E-state index is 0.184. The lowest BCUT2D eigenvalue weighted by molar-refractivity contribution is 0.0599. The summed E-state index contributed by atoms with van der Waals surface area (Å²) in [5.74, 6) is -1.22. The number of methoxy groups -OCH3 is 1. The number of carbonyl (C=O) groups is 2. The normalized spacial score (nSPS) is 12.4. The van der Waals surface area contributed by atoms with Crippen LogP contribution in [0, 0.1) is 11.2 Å². The minimum Gasteiger partial charge on any atom is -0.465 e. The van der Waals surface area contributed by atoms with Gasteiger partial charge in [0, 0.05) is 6.20 Å². The Bertz CT molecular complexity index is 750. The summed E-state index contributed by atoms with van der Waals surface area (Å²) in [6.45, 7) is 5.94. The van der Waals surface area contributed by atoms with Crippen molar-refractivity contribution < 1.29 is 18.7 Å². The molecular weight excluding hydrogens is 323 g/mol. The van der Waals surface area contributed by atoms with E-state index in [0.29, 0.717) is 0 Å². The van der Waals surface area contributed by atoms with Crippen LogP contribution in [0.4, 0.5) is 4.39 Å². The predicted octanol–water partition coefficient (Wildman–Crippen LogP) is 3.52. The second kappa shape index (κ2) is 7.42. The van der Waals surface area contributed by atoms with Crippen molar-refractivity contribution in [3.63, 3.8) is 0 Å². The Morgan fingerprint density at radius 3 is 2.24 bits per heavy atom. The number of rotatable bonds is 4. The molecule has 0 aliphatic rings. The third-order valence-electron chi connectivity index (χ3n) is 3.76. The molecular formula is C19H21FN2O3. The summed E-state index contributed by atoms with van der Waals surface area (Å²) in [6, 6.07) is 8.65. The van der Waals surface area contributed by atoms with Crippen LogP contribution < -0.4 is 5.32 Å². The molecule has 0 saturated carbocycles. The van der Waals surface area contributed by atoms with E-state index < -0.39 is 5.97 Å². The smallest absolute Gasteiger partial charge is 0.339 e. The van der Waals surface area contributed by atoms with Crippen molar-refractivity contribution in [2.45, 2.75) is 26.8 Å². The Hall–Kier alpha value is -2.76. The van der Waals surface area contributed by atoms with Crippen molar-refractivity contribution in [1.29, 1.82) is 0 Å². The van der Waals surface area contributed by atoms with Gasteiger partial charge in [0.1, 0.15) is 11.5 Å². The Kier molecular flexibility index (Phi) is 5.51. The number of benzene rings is 1. The van der Waals surface area contributed by atoms with E-state index in [1.54, 1.807) is 12.1 Å². The van der Waals surface area contributed by atoms with E-state index >= 15 is 0 Å². The first-order valence-electron chi connectivity index (χ1n) is 7.83. The number of nitrogens with zero attached hydrogens (tertiary/aromatic N) is 1. The van der Waals surface area contributed by atoms with Crippen molar-refractivity contribution in [2.24, 2.45) is 5.41 Å². The third kappa shape index (κ3) is 4.62. The van der Waals surface area contributed by atoms with Crippen LogP contribution in [-0.2, 0) is 4.74 Å². The Labute approximate surface area is 146 Å². The molecule has 0 aliphatic heterocycles. The zero-order valence-corrected chi connectivity index (χ0v) is 14.7. The molecule has 0 aliphatic carbocycles. The topological polar surface area (TPSA) is 68.3 Å². The summed E-state index contributed by atoms with van der Waals surface area (Å²) in [4.78, 5) is 28.0. The van der Waals surface area contributed by atoms with Gasteiger partial charge in [-0.2, -0.15) is 0 Å². The summed E-state index contributed by atoms with van der Waals surface area (Å²) >= 11 is 0. The maximum atomic E-state index is 13.2. The Morgan fingerprint density at radius 2 is 1.76 bits per heavy atom. The van der Waals surface area contributed by atoms with Crippen LogP contribution >= 0.6 is 0 Å². The highest BCUT2D eigenvalue weighted by molar-refractivity contribution is 5.94. The summed E-state index contributed by atoms with van der Waals surface area (Å²) in [6.07, 6.45) is 1.30. The number of amides is 1. The van der Waals surface area contributed by atoms with Gasteiger partial charge in [-0.25, -0.2) is 9.18 Å². The Morgan fingerprint density at radius 1 is 1.12 bits per heavy atom. The molecule has 1 aromatic carbocycles. The molecule has 0 bridgehead atoms. The zero-order valence-electron chi connectivity index (χ0n) is 14.7. The molecule has 1 unspecified atom stereocenters. The second-order valence-corrected chi connectivity index (χ2v) is 6.75. The lowest BCUT2D eigenvalue weighted by Gasteiger charge is -2.32. The number of carbonyl (C=O) groups excluding carboxylic acids is 2. The minimum atomic E-state index is -0.515. The molecule has 0 fully saturated rings. The number of pyridine rings is 1. The van der Waals surface area contributed by atoms with E-state index in [-0.39, 0.29) is 34.4 Å². The third-order valence-corrected chi connectivity index (χ3v) is 3.76. The maximum Gasteiger partial charge on any atom is 0.339 e. The van der Waals surface area contributed by atoms with Crippen LogP contribution in [0.25, 0.3) is 0 Å². The second-order valence-electron chi connectivity index (χ2n) is 6.75. The van der Waals surface area contributed by atoms with Crippen LogP contribution in [0.2, 0.25) is 0 Å². The van der Waals surface area contributed by atoms with Gasteiger partial charge < -0.3 is 10.1 Å². The van der Waals surface area contributed by atoms with Gasteiger partial charge in [-0.1, -0.05) is 32.9 Å². The SMILES string of the molecule is COC(=O)c1ccc(C(=O)NC(c2ccc(F)cc2)C(C)(C)C)nc1. The van der Waals surface area contributed by atoms with Gasteiger partial charge in [-0.05, 0) is 35.2 Å². The van der Waals surface area contributed by atoms with Gasteiger partial charge in [0.05, 0.1) is 18.7 Å². The number of hydrogen-bond donors (Lipinski definition) is 1. The number of esters is 1. The Balaban J connectivity index is 2.22. The molecule has 0 radical (unpaired) electrons. The number of aromatic nitrogens is 1. The predicted molar refractivity (Wildman–Crippen MR) is 91.6 cm³/mol. The fraction of sp³-hybridized carbons (Fsp3) is 0.316. The lowest BCUT2D eigenvalue weighted by atomic mass is 9.82. The van der Waals surface area contributed by atoms with E-state index in [1.165, 1.54) is 37.6 Å². The molecule has 1 amide bonds. The van der Waals surface area contributed by atoms with Crippen molar-refractivity contribution >= 4 is 11.9 Å². The van der Waals surface area contributed by atoms with Crippen molar-refractivity contribution in [3.8, 4) is 0 Å². The standard InChI is InChI=1S/C19H21FN2O3/c1-19(2,3)16(12-5-8-14(20)9-6-12)22-17(23)15-10-7-13(11-21-15)18(24)25-4/h5-11,16H,1-4H3,(H,22,23). The zero-order chi connectivity index (χ0) is 18.6. The average Bonchev–Trinajstić information content (AvgIpc) is 2.59. The van der Waals surface area contributed by atoms with E-state index in [2.05, 4.69) is 15.0 Å². The molecule has 25 heavy (non-hydrogen) atoms. The summed E-state index contributed by atoms with van der Waals surface area (Å²) < 4.78 is 17.8. The summed E-state index contributed by atoms with van der Waals surface area (Å²) in [5.41, 5.74) is 0.960. The number of ether oxygens (including phenoxy) is 1. The van der Waals surface area contributed by atoms with Gasteiger partial charge in [-0.3, -0.25) is 9.78 Å². The lowest BCUT2D eigenvalue weighted by Crippen LogP contribution is -2.37. The van der Waals surface area contributed by atoms with Gasteiger partial charge in [-0.15, -0.1) is 0 Å². The number of nitrogens with one attached hydrogen (secondary N) is 1. The van der Waals surface area contributed by atoms with E-state index in [0.717, 1.165) is 5.56 Å². The molecule has 2 rings (SSSR count). The van der Waals surface area contributed by atoms with Crippen molar-refractivity contribution in [1.82, 2.24) is 10.3 Å². The largest absolute Gasteiger partial charge is 0.465 e. The quantitative estimate of drug-likeness (QED) is 0.862. The van der Waals surface area contributed by atoms with Crippen LogP contribution in [0.15, 0.2) is 42.6 Å². The summed E-state index contributed by atoms with van der Waals surface area (Å²) in [5, 5.41) is 2.93. The van der Waals surface area contributed by atoms with E-state index in [9.17, 15) is 14.0 Å². The molecule has 1 heterocycles. The van der Waals surface area contributed by atoms with E-state index in [1.807, 2.05) is 20.8 Å². The monoisotopic (exact) mass is 344 g/mol. The number of hydrogen-bond acceptors (Lipinski definition) is 4. The first kappa shape index (κ1) is 18.6. The molecule has 1 atom stereocenters. The van der Waals surface area contributed by atoms with Crippen LogP contribution in [-0.4, -0.2) is 24.0 Å². The molecule has 0 spiro atoms. The molecule has 2 aromatic rings. The number of halogens is 1. The van der Waals surface area contributed by atoms with Crippen LogP contribution in [0.1, 0.15) is 53.2 Å². The molecule has 1 aromatic heterocycles. The summed E-state index contributed by atoms with van der Waals surface area (Å²) in [7, 11) is 1.28. The van der Waals surface area contributed by atoms with Gasteiger partial charge in [0.25, 0.3) is 5.91 Å². The first-order valence-corrected chi connectivity index (χ1v) is 7.83. The molecule has 6 heteroatoms. The van der Waals surface area contributed by atoms with Crippen molar-refractivity contribution in [3.05, 3.63) is 65.2 Å². The van der Waals surface area contributed by atoms with Gasteiger partial charge in [0.2, 0.25) is 0 Å². The highest BCUT2D eigenvalue weighted by Gasteiger charge is 2.28. The molecule has 1 N–H and O–H groups in total. The maximum absolute atomic E-state index is 13.2. The van der Waals surface area contributed by atoms with Crippen molar-refractivity contribution in [2.75, 3.05) is 7.11 Å². The fourth-order valence-corrected chi connectivity index (χ4v) is 2.43. The van der Waals surface area contributed by atoms with Gasteiger partial charge >= 0.3 is 5.97 Å². The van der Waals surface area contributed by atoms with Crippen LogP contribution in [0.3, 0.4) is 0 Å². The van der Waals surface area contributed by atoms with Gasteiger partial charge in [0.15, 0.2) is 0 Å². The van der Waals surface area contributed by atoms with Crippen LogP contribution in [0.5, 0.6) is 0 Å². The highest BCUT2D eigenvalue weighted by atomic mass is 19.1. The first-order chi connectivity index (χ1) is 11.7. The fourth-order valence-electron chi connectivity index (χ4n) is 2.43. The average molecular weight is 344 g/mol.